The molecule has 1 heterocycles. The van der Waals surface area contributed by atoms with Crippen LogP contribution in [0.25, 0.3) is 0 Å². The summed E-state index contributed by atoms with van der Waals surface area (Å²) in [6.45, 7) is 4.78. The SMILES string of the molecule is CCc1ccccc1C(O)c1cnnn1CC. The van der Waals surface area contributed by atoms with E-state index in [1.807, 2.05) is 31.2 Å². The highest BCUT2D eigenvalue weighted by Gasteiger charge is 2.17. The first-order chi connectivity index (χ1) is 8.27. The Morgan fingerprint density at radius 3 is 2.76 bits per heavy atom. The lowest BCUT2D eigenvalue weighted by atomic mass is 9.99. The molecule has 1 unspecified atom stereocenters. The van der Waals surface area contributed by atoms with Gasteiger partial charge in [0.1, 0.15) is 6.10 Å². The number of hydrogen-bond donors (Lipinski definition) is 1. The van der Waals surface area contributed by atoms with E-state index in [2.05, 4.69) is 17.2 Å². The smallest absolute Gasteiger partial charge is 0.123 e. The summed E-state index contributed by atoms with van der Waals surface area (Å²) in [5.41, 5.74) is 2.84. The van der Waals surface area contributed by atoms with Gasteiger partial charge in [-0.3, -0.25) is 0 Å². The molecule has 0 aliphatic carbocycles. The number of aliphatic hydroxyl groups excluding tert-OH is 1. The number of aromatic nitrogens is 3. The van der Waals surface area contributed by atoms with Gasteiger partial charge < -0.3 is 5.11 Å². The van der Waals surface area contributed by atoms with Gasteiger partial charge in [0.15, 0.2) is 0 Å². The second-order valence-electron chi connectivity index (χ2n) is 3.93. The average molecular weight is 231 g/mol. The third-order valence-corrected chi connectivity index (χ3v) is 2.96. The van der Waals surface area contributed by atoms with Crippen molar-refractivity contribution in [3.05, 3.63) is 47.3 Å². The summed E-state index contributed by atoms with van der Waals surface area (Å²) in [5, 5.41) is 18.2. The molecule has 90 valence electrons. The molecular formula is C13H17N3O. The zero-order chi connectivity index (χ0) is 12.3. The Morgan fingerprint density at radius 1 is 1.29 bits per heavy atom. The van der Waals surface area contributed by atoms with Crippen LogP contribution in [0.2, 0.25) is 0 Å². The van der Waals surface area contributed by atoms with E-state index in [4.69, 9.17) is 0 Å². The Balaban J connectivity index is 2.40. The molecule has 4 nitrogen and oxygen atoms in total. The quantitative estimate of drug-likeness (QED) is 0.875. The van der Waals surface area contributed by atoms with Gasteiger partial charge in [0.25, 0.3) is 0 Å². The van der Waals surface area contributed by atoms with Crippen LogP contribution >= 0.6 is 0 Å². The van der Waals surface area contributed by atoms with Crippen molar-refractivity contribution in [2.75, 3.05) is 0 Å². The molecule has 2 rings (SSSR count). The molecule has 1 aromatic carbocycles. The molecule has 0 fully saturated rings. The number of nitrogens with zero attached hydrogens (tertiary/aromatic N) is 3. The Bertz CT molecular complexity index is 493. The predicted molar refractivity (Wildman–Crippen MR) is 65.6 cm³/mol. The van der Waals surface area contributed by atoms with Crippen molar-refractivity contribution >= 4 is 0 Å². The third-order valence-electron chi connectivity index (χ3n) is 2.96. The molecule has 0 amide bonds. The third kappa shape index (κ3) is 2.22. The van der Waals surface area contributed by atoms with Gasteiger partial charge in [-0.05, 0) is 24.5 Å². The molecule has 4 heteroatoms. The molecule has 1 aromatic heterocycles. The monoisotopic (exact) mass is 231 g/mol. The van der Waals surface area contributed by atoms with E-state index >= 15 is 0 Å². The Kier molecular flexibility index (Phi) is 3.54. The van der Waals surface area contributed by atoms with E-state index in [-0.39, 0.29) is 0 Å². The summed E-state index contributed by atoms with van der Waals surface area (Å²) in [4.78, 5) is 0. The van der Waals surface area contributed by atoms with Gasteiger partial charge in [0.2, 0.25) is 0 Å². The zero-order valence-corrected chi connectivity index (χ0v) is 10.2. The highest BCUT2D eigenvalue weighted by atomic mass is 16.3. The number of aryl methyl sites for hydroxylation is 2. The van der Waals surface area contributed by atoms with Gasteiger partial charge in [-0.2, -0.15) is 0 Å². The molecule has 0 bridgehead atoms. The maximum absolute atomic E-state index is 10.4. The fourth-order valence-electron chi connectivity index (χ4n) is 2.01. The van der Waals surface area contributed by atoms with Gasteiger partial charge in [0.05, 0.1) is 11.9 Å². The molecule has 17 heavy (non-hydrogen) atoms. The second kappa shape index (κ2) is 5.10. The lowest BCUT2D eigenvalue weighted by Gasteiger charge is -2.15. The molecule has 0 aliphatic rings. The standard InChI is InChI=1S/C13H17N3O/c1-3-10-7-5-6-8-11(10)13(17)12-9-14-15-16(12)4-2/h5-9,13,17H,3-4H2,1-2H3. The minimum Gasteiger partial charge on any atom is -0.382 e. The van der Waals surface area contributed by atoms with Crippen molar-refractivity contribution in [2.45, 2.75) is 32.9 Å². The van der Waals surface area contributed by atoms with Crippen molar-refractivity contribution in [1.29, 1.82) is 0 Å². The largest absolute Gasteiger partial charge is 0.382 e. The fraction of sp³-hybridized carbons (Fsp3) is 0.385. The summed E-state index contributed by atoms with van der Waals surface area (Å²) in [6, 6.07) is 7.93. The lowest BCUT2D eigenvalue weighted by molar-refractivity contribution is 0.207. The first kappa shape index (κ1) is 11.8. The van der Waals surface area contributed by atoms with Gasteiger partial charge in [-0.1, -0.05) is 36.4 Å². The van der Waals surface area contributed by atoms with Crippen LogP contribution in [0.5, 0.6) is 0 Å². The summed E-state index contributed by atoms with van der Waals surface area (Å²) < 4.78 is 1.72. The van der Waals surface area contributed by atoms with Crippen LogP contribution in [0.4, 0.5) is 0 Å². The molecule has 1 N–H and O–H groups in total. The van der Waals surface area contributed by atoms with Crippen LogP contribution in [0, 0.1) is 0 Å². The Labute approximate surface area is 101 Å². The first-order valence-electron chi connectivity index (χ1n) is 5.92. The topological polar surface area (TPSA) is 50.9 Å². The van der Waals surface area contributed by atoms with Gasteiger partial charge in [-0.25, -0.2) is 4.68 Å². The van der Waals surface area contributed by atoms with Crippen molar-refractivity contribution in [2.24, 2.45) is 0 Å². The van der Waals surface area contributed by atoms with E-state index < -0.39 is 6.10 Å². The highest BCUT2D eigenvalue weighted by Crippen LogP contribution is 2.24. The average Bonchev–Trinajstić information content (AvgIpc) is 2.86. The number of benzene rings is 1. The summed E-state index contributed by atoms with van der Waals surface area (Å²) in [7, 11) is 0. The molecular weight excluding hydrogens is 214 g/mol. The Morgan fingerprint density at radius 2 is 2.06 bits per heavy atom. The van der Waals surface area contributed by atoms with Gasteiger partial charge >= 0.3 is 0 Å². The highest BCUT2D eigenvalue weighted by molar-refractivity contribution is 5.33. The number of aliphatic hydroxyl groups is 1. The number of hydrogen-bond acceptors (Lipinski definition) is 3. The minimum atomic E-state index is -0.652. The second-order valence-corrected chi connectivity index (χ2v) is 3.93. The lowest BCUT2D eigenvalue weighted by Crippen LogP contribution is -2.10. The van der Waals surface area contributed by atoms with Crippen molar-refractivity contribution in [3.8, 4) is 0 Å². The first-order valence-corrected chi connectivity index (χ1v) is 5.92. The molecule has 1 atom stereocenters. The van der Waals surface area contributed by atoms with E-state index in [0.717, 1.165) is 23.2 Å². The van der Waals surface area contributed by atoms with E-state index in [9.17, 15) is 5.11 Å². The summed E-state index contributed by atoms with van der Waals surface area (Å²) in [6.07, 6.45) is 1.88. The molecule has 0 aliphatic heterocycles. The zero-order valence-electron chi connectivity index (χ0n) is 10.2. The van der Waals surface area contributed by atoms with Crippen LogP contribution in [0.15, 0.2) is 30.5 Å². The fourth-order valence-corrected chi connectivity index (χ4v) is 2.01. The van der Waals surface area contributed by atoms with Crippen LogP contribution < -0.4 is 0 Å². The summed E-state index contributed by atoms with van der Waals surface area (Å²) >= 11 is 0. The van der Waals surface area contributed by atoms with Gasteiger partial charge in [0, 0.05) is 6.54 Å². The maximum atomic E-state index is 10.4. The van der Waals surface area contributed by atoms with E-state index in [1.165, 1.54) is 0 Å². The molecule has 0 saturated carbocycles. The molecule has 0 spiro atoms. The van der Waals surface area contributed by atoms with Crippen molar-refractivity contribution in [1.82, 2.24) is 15.0 Å². The van der Waals surface area contributed by atoms with Crippen molar-refractivity contribution < 1.29 is 5.11 Å². The van der Waals surface area contributed by atoms with E-state index in [0.29, 0.717) is 6.54 Å². The van der Waals surface area contributed by atoms with Crippen LogP contribution in [0.1, 0.15) is 36.8 Å². The molecule has 0 saturated heterocycles. The van der Waals surface area contributed by atoms with Crippen LogP contribution in [-0.4, -0.2) is 20.1 Å². The molecule has 2 aromatic rings. The maximum Gasteiger partial charge on any atom is 0.123 e. The van der Waals surface area contributed by atoms with Gasteiger partial charge in [-0.15, -0.1) is 5.10 Å². The minimum absolute atomic E-state index is 0.652. The van der Waals surface area contributed by atoms with Crippen LogP contribution in [-0.2, 0) is 13.0 Å². The molecule has 0 radical (unpaired) electrons. The van der Waals surface area contributed by atoms with E-state index in [1.54, 1.807) is 10.9 Å². The number of rotatable bonds is 4. The Hall–Kier alpha value is -1.68. The predicted octanol–water partition coefficient (Wildman–Crippen LogP) is 1.94. The van der Waals surface area contributed by atoms with Crippen molar-refractivity contribution in [3.63, 3.8) is 0 Å². The normalized spacial score (nSPS) is 12.6. The van der Waals surface area contributed by atoms with Crippen LogP contribution in [0.3, 0.4) is 0 Å². The summed E-state index contributed by atoms with van der Waals surface area (Å²) in [5.74, 6) is 0.